The third kappa shape index (κ3) is 3.83. The van der Waals surface area contributed by atoms with Crippen LogP contribution in [0.4, 0.5) is 5.82 Å². The minimum Gasteiger partial charge on any atom is -0.365 e. The van der Waals surface area contributed by atoms with Crippen LogP contribution < -0.4 is 5.32 Å². The van der Waals surface area contributed by atoms with E-state index in [1.54, 1.807) is 0 Å². The van der Waals surface area contributed by atoms with E-state index in [9.17, 15) is 0 Å². The number of aryl methyl sites for hydroxylation is 1. The van der Waals surface area contributed by atoms with Gasteiger partial charge in [0.1, 0.15) is 5.52 Å². The molecule has 0 unspecified atom stereocenters. The van der Waals surface area contributed by atoms with Crippen LogP contribution in [0.5, 0.6) is 0 Å². The van der Waals surface area contributed by atoms with Crippen molar-refractivity contribution in [2.75, 3.05) is 5.32 Å². The summed E-state index contributed by atoms with van der Waals surface area (Å²) in [7, 11) is 0. The van der Waals surface area contributed by atoms with E-state index in [1.165, 1.54) is 51.4 Å². The van der Waals surface area contributed by atoms with Gasteiger partial charge >= 0.3 is 0 Å². The molecule has 0 radical (unpaired) electrons. The summed E-state index contributed by atoms with van der Waals surface area (Å²) in [6, 6.07) is 0.404. The lowest BCUT2D eigenvalue weighted by Gasteiger charge is -2.32. The Bertz CT molecular complexity index is 746. The van der Waals surface area contributed by atoms with Crippen LogP contribution in [-0.2, 0) is 6.54 Å². The third-order valence-electron chi connectivity index (χ3n) is 6.58. The Labute approximate surface area is 161 Å². The van der Waals surface area contributed by atoms with Crippen LogP contribution in [0.15, 0.2) is 6.33 Å². The lowest BCUT2D eigenvalue weighted by atomic mass is 9.80. The second kappa shape index (κ2) is 7.71. The summed E-state index contributed by atoms with van der Waals surface area (Å²) in [4.78, 5) is 13.3. The molecule has 0 aromatic carbocycles. The van der Waals surface area contributed by atoms with Gasteiger partial charge in [-0.1, -0.05) is 39.0 Å². The first-order valence-corrected chi connectivity index (χ1v) is 10.6. The van der Waals surface area contributed by atoms with Crippen LogP contribution in [0.1, 0.15) is 65.2 Å². The van der Waals surface area contributed by atoms with Crippen LogP contribution in [0.2, 0.25) is 5.28 Å². The zero-order valence-electron chi connectivity index (χ0n) is 15.9. The fraction of sp³-hybridized carbons (Fsp3) is 0.750. The molecule has 5 nitrogen and oxygen atoms in total. The Hall–Kier alpha value is -1.36. The first-order valence-electron chi connectivity index (χ1n) is 10.2. The molecule has 1 atom stereocenters. The van der Waals surface area contributed by atoms with Gasteiger partial charge in [0, 0.05) is 12.6 Å². The number of imidazole rings is 1. The van der Waals surface area contributed by atoms with Gasteiger partial charge in [-0.05, 0) is 55.5 Å². The minimum absolute atomic E-state index is 0.271. The van der Waals surface area contributed by atoms with E-state index >= 15 is 0 Å². The second-order valence-corrected chi connectivity index (χ2v) is 8.83. The molecule has 0 spiro atoms. The number of anilines is 1. The smallest absolute Gasteiger partial charge is 0.226 e. The van der Waals surface area contributed by atoms with Gasteiger partial charge in [0.05, 0.1) is 6.33 Å². The molecule has 0 aliphatic heterocycles. The lowest BCUT2D eigenvalue weighted by Crippen LogP contribution is -2.31. The zero-order chi connectivity index (χ0) is 18.1. The maximum atomic E-state index is 6.14. The fourth-order valence-electron chi connectivity index (χ4n) is 4.44. The predicted octanol–water partition coefficient (Wildman–Crippen LogP) is 5.30. The van der Waals surface area contributed by atoms with Gasteiger partial charge < -0.3 is 9.88 Å². The summed E-state index contributed by atoms with van der Waals surface area (Å²) < 4.78 is 2.22. The Morgan fingerprint density at radius 1 is 1.19 bits per heavy atom. The number of rotatable bonds is 6. The molecule has 2 aromatic rings. The normalized spacial score (nSPS) is 25.2. The van der Waals surface area contributed by atoms with E-state index in [0.29, 0.717) is 11.7 Å². The molecule has 2 aromatic heterocycles. The molecule has 2 aliphatic carbocycles. The largest absolute Gasteiger partial charge is 0.365 e. The molecule has 0 bridgehead atoms. The first-order chi connectivity index (χ1) is 12.6. The summed E-state index contributed by atoms with van der Waals surface area (Å²) >= 11 is 6.14. The topological polar surface area (TPSA) is 55.6 Å². The summed E-state index contributed by atoms with van der Waals surface area (Å²) in [5, 5.41) is 3.87. The Morgan fingerprint density at radius 3 is 2.65 bits per heavy atom. The van der Waals surface area contributed by atoms with Crippen LogP contribution in [-0.4, -0.2) is 25.6 Å². The quantitative estimate of drug-likeness (QED) is 0.696. The summed E-state index contributed by atoms with van der Waals surface area (Å²) in [6.45, 7) is 5.60. The molecule has 0 saturated heterocycles. The van der Waals surface area contributed by atoms with Gasteiger partial charge in [0.2, 0.25) is 5.28 Å². The van der Waals surface area contributed by atoms with E-state index in [2.05, 4.69) is 38.7 Å². The highest BCUT2D eigenvalue weighted by Crippen LogP contribution is 2.33. The number of nitrogens with zero attached hydrogens (tertiary/aromatic N) is 4. The fourth-order valence-corrected chi connectivity index (χ4v) is 4.60. The summed E-state index contributed by atoms with van der Waals surface area (Å²) in [6.07, 6.45) is 12.5. The van der Waals surface area contributed by atoms with Gasteiger partial charge in [-0.3, -0.25) is 0 Å². The molecule has 2 heterocycles. The Balaban J connectivity index is 1.51. The molecule has 142 valence electrons. The second-order valence-electron chi connectivity index (χ2n) is 8.49. The average Bonchev–Trinajstić information content (AvgIpc) is 2.95. The van der Waals surface area contributed by atoms with Crippen molar-refractivity contribution in [1.29, 1.82) is 0 Å². The van der Waals surface area contributed by atoms with Crippen LogP contribution >= 0.6 is 11.6 Å². The minimum atomic E-state index is 0.271. The summed E-state index contributed by atoms with van der Waals surface area (Å²) in [5.74, 6) is 3.32. The maximum Gasteiger partial charge on any atom is 0.226 e. The highest BCUT2D eigenvalue weighted by molar-refractivity contribution is 6.28. The van der Waals surface area contributed by atoms with Gasteiger partial charge in [0.15, 0.2) is 11.5 Å². The zero-order valence-corrected chi connectivity index (χ0v) is 16.7. The van der Waals surface area contributed by atoms with Crippen molar-refractivity contribution in [3.05, 3.63) is 11.6 Å². The lowest BCUT2D eigenvalue weighted by molar-refractivity contribution is 0.269. The highest BCUT2D eigenvalue weighted by atomic mass is 35.5. The Kier molecular flexibility index (Phi) is 5.35. The summed E-state index contributed by atoms with van der Waals surface area (Å²) in [5.41, 5.74) is 1.70. The molecular formula is C20H30ClN5. The van der Waals surface area contributed by atoms with Crippen molar-refractivity contribution >= 4 is 28.6 Å². The SMILES string of the molecule is CC1CCC(CCn2cnc3nc(Cl)nc(N[C@H](C)C4CCC4)c32)CC1. The standard InChI is InChI=1S/C20H30ClN5/c1-13-6-8-15(9-7-13)10-11-26-12-22-18-17(26)19(25-20(21)24-18)23-14(2)16-4-3-5-16/h12-16H,3-11H2,1-2H3,(H,23,24,25)/t13?,14-,15?/m1/s1. The monoisotopic (exact) mass is 375 g/mol. The van der Waals surface area contributed by atoms with Crippen molar-refractivity contribution in [3.63, 3.8) is 0 Å². The number of fused-ring (bicyclic) bond motifs is 1. The highest BCUT2D eigenvalue weighted by Gasteiger charge is 2.25. The first kappa shape index (κ1) is 18.0. The van der Waals surface area contributed by atoms with Crippen molar-refractivity contribution in [3.8, 4) is 0 Å². The van der Waals surface area contributed by atoms with Crippen molar-refractivity contribution in [1.82, 2.24) is 19.5 Å². The van der Waals surface area contributed by atoms with E-state index < -0.39 is 0 Å². The van der Waals surface area contributed by atoms with Crippen LogP contribution in [0, 0.1) is 17.8 Å². The number of halogens is 1. The molecule has 2 fully saturated rings. The van der Waals surface area contributed by atoms with Crippen LogP contribution in [0.3, 0.4) is 0 Å². The maximum absolute atomic E-state index is 6.14. The van der Waals surface area contributed by atoms with E-state index in [4.69, 9.17) is 11.6 Å². The van der Waals surface area contributed by atoms with E-state index in [1.807, 2.05) is 6.33 Å². The average molecular weight is 376 g/mol. The van der Waals surface area contributed by atoms with Crippen molar-refractivity contribution in [2.45, 2.75) is 77.8 Å². The van der Waals surface area contributed by atoms with E-state index in [-0.39, 0.29) is 5.28 Å². The van der Waals surface area contributed by atoms with Gasteiger partial charge in [0.25, 0.3) is 0 Å². The predicted molar refractivity (Wildman–Crippen MR) is 106 cm³/mol. The number of nitrogens with one attached hydrogen (secondary N) is 1. The molecular weight excluding hydrogens is 346 g/mol. The molecule has 4 rings (SSSR count). The number of aromatic nitrogens is 4. The Morgan fingerprint density at radius 2 is 1.96 bits per heavy atom. The number of hydrogen-bond acceptors (Lipinski definition) is 4. The van der Waals surface area contributed by atoms with Crippen molar-refractivity contribution in [2.24, 2.45) is 17.8 Å². The molecule has 1 N–H and O–H groups in total. The van der Waals surface area contributed by atoms with Crippen molar-refractivity contribution < 1.29 is 0 Å². The van der Waals surface area contributed by atoms with Gasteiger partial charge in [-0.25, -0.2) is 4.98 Å². The number of hydrogen-bond donors (Lipinski definition) is 1. The molecule has 2 aliphatic rings. The van der Waals surface area contributed by atoms with Crippen LogP contribution in [0.25, 0.3) is 11.2 Å². The molecule has 0 amide bonds. The van der Waals surface area contributed by atoms with Gasteiger partial charge in [-0.15, -0.1) is 0 Å². The van der Waals surface area contributed by atoms with Gasteiger partial charge in [-0.2, -0.15) is 9.97 Å². The third-order valence-corrected chi connectivity index (χ3v) is 6.75. The molecule has 2 saturated carbocycles. The van der Waals surface area contributed by atoms with E-state index in [0.717, 1.165) is 35.6 Å². The molecule has 6 heteroatoms. The molecule has 26 heavy (non-hydrogen) atoms.